The first-order valence-electron chi connectivity index (χ1n) is 7.72. The third-order valence-electron chi connectivity index (χ3n) is 6.23. The van der Waals surface area contributed by atoms with Crippen LogP contribution in [0.2, 0.25) is 0 Å². The Kier molecular flexibility index (Phi) is 2.48. The minimum atomic E-state index is 0.316. The first kappa shape index (κ1) is 11.3. The first-order valence-corrected chi connectivity index (χ1v) is 7.72. The van der Waals surface area contributed by atoms with E-state index in [2.05, 4.69) is 17.1 Å². The molecule has 5 rings (SSSR count). The maximum Gasteiger partial charge on any atom is 0.237 e. The van der Waals surface area contributed by atoms with Crippen molar-refractivity contribution in [1.29, 1.82) is 0 Å². The Morgan fingerprint density at radius 2 is 1.72 bits per heavy atom. The van der Waals surface area contributed by atoms with Crippen LogP contribution in [0, 0.1) is 29.6 Å². The molecular formula is C15H24N2O. The lowest BCUT2D eigenvalue weighted by Gasteiger charge is -2.57. The molecule has 100 valence electrons. The molecule has 5 fully saturated rings. The summed E-state index contributed by atoms with van der Waals surface area (Å²) in [6.45, 7) is 3.64. The van der Waals surface area contributed by atoms with Gasteiger partial charge in [0.2, 0.25) is 5.91 Å². The number of amides is 1. The summed E-state index contributed by atoms with van der Waals surface area (Å²) in [4.78, 5) is 14.0. The minimum Gasteiger partial charge on any atom is -0.326 e. The fraction of sp³-hybridized carbons (Fsp3) is 0.933. The molecular weight excluding hydrogens is 224 g/mol. The van der Waals surface area contributed by atoms with E-state index in [4.69, 9.17) is 0 Å². The van der Waals surface area contributed by atoms with Crippen LogP contribution in [-0.2, 0) is 4.79 Å². The second-order valence-corrected chi connectivity index (χ2v) is 7.20. The van der Waals surface area contributed by atoms with Gasteiger partial charge in [0.1, 0.15) is 0 Å². The first-order chi connectivity index (χ1) is 8.72. The number of hydrogen-bond acceptors (Lipinski definition) is 2. The number of nitrogens with one attached hydrogen (secondary N) is 1. The molecule has 0 aromatic carbocycles. The molecule has 1 aliphatic heterocycles. The molecule has 1 amide bonds. The second-order valence-electron chi connectivity index (χ2n) is 7.20. The van der Waals surface area contributed by atoms with Gasteiger partial charge in [-0.1, -0.05) is 0 Å². The number of nitrogens with zero attached hydrogens (tertiary/aromatic N) is 1. The molecule has 0 aromatic heterocycles. The van der Waals surface area contributed by atoms with Crippen LogP contribution in [0.4, 0.5) is 0 Å². The Morgan fingerprint density at radius 1 is 1.11 bits per heavy atom. The molecule has 4 saturated carbocycles. The van der Waals surface area contributed by atoms with Gasteiger partial charge < -0.3 is 4.90 Å². The van der Waals surface area contributed by atoms with Crippen molar-refractivity contribution in [3.8, 4) is 0 Å². The van der Waals surface area contributed by atoms with Gasteiger partial charge in [0.25, 0.3) is 0 Å². The van der Waals surface area contributed by atoms with E-state index >= 15 is 0 Å². The average Bonchev–Trinajstić information content (AvgIpc) is 2.73. The summed E-state index contributed by atoms with van der Waals surface area (Å²) in [5.41, 5.74) is 0. The van der Waals surface area contributed by atoms with Crippen LogP contribution in [0.5, 0.6) is 0 Å². The monoisotopic (exact) mass is 248 g/mol. The van der Waals surface area contributed by atoms with Gasteiger partial charge in [-0.05, 0) is 68.6 Å². The Labute approximate surface area is 109 Å². The zero-order chi connectivity index (χ0) is 12.3. The fourth-order valence-corrected chi connectivity index (χ4v) is 5.81. The highest BCUT2D eigenvalue weighted by molar-refractivity contribution is 5.80. The van der Waals surface area contributed by atoms with Gasteiger partial charge in [0.15, 0.2) is 0 Å². The van der Waals surface area contributed by atoms with E-state index in [1.807, 2.05) is 0 Å². The topological polar surface area (TPSA) is 32.3 Å². The predicted octanol–water partition coefficient (Wildman–Crippen LogP) is 1.84. The van der Waals surface area contributed by atoms with Gasteiger partial charge in [-0.2, -0.15) is 0 Å². The Bertz CT molecular complexity index is 340. The summed E-state index contributed by atoms with van der Waals surface area (Å²) in [5.74, 6) is 5.01. The molecule has 3 nitrogen and oxygen atoms in total. The molecule has 1 unspecified atom stereocenters. The third kappa shape index (κ3) is 1.56. The number of carbonyl (C=O) groups is 1. The van der Waals surface area contributed by atoms with Gasteiger partial charge in [-0.15, -0.1) is 0 Å². The van der Waals surface area contributed by atoms with Crippen molar-refractivity contribution in [3.05, 3.63) is 0 Å². The highest BCUT2D eigenvalue weighted by Crippen LogP contribution is 2.57. The van der Waals surface area contributed by atoms with Crippen LogP contribution in [0.15, 0.2) is 0 Å². The number of hydrogen-bond donors (Lipinski definition) is 1. The summed E-state index contributed by atoms with van der Waals surface area (Å²) in [6.07, 6.45) is 7.34. The minimum absolute atomic E-state index is 0.316. The van der Waals surface area contributed by atoms with E-state index in [0.29, 0.717) is 18.5 Å². The fourth-order valence-electron chi connectivity index (χ4n) is 5.81. The zero-order valence-electron chi connectivity index (χ0n) is 11.3. The van der Waals surface area contributed by atoms with Crippen molar-refractivity contribution in [2.45, 2.75) is 45.1 Å². The zero-order valence-corrected chi connectivity index (χ0v) is 11.3. The van der Waals surface area contributed by atoms with Crippen LogP contribution >= 0.6 is 0 Å². The molecule has 1 atom stereocenters. The normalized spacial score (nSPS) is 47.9. The number of rotatable bonds is 2. The van der Waals surface area contributed by atoms with Crippen molar-refractivity contribution in [1.82, 2.24) is 10.2 Å². The smallest absolute Gasteiger partial charge is 0.237 e. The van der Waals surface area contributed by atoms with E-state index in [0.717, 1.165) is 36.3 Å². The van der Waals surface area contributed by atoms with Gasteiger partial charge in [-0.3, -0.25) is 10.1 Å². The highest BCUT2D eigenvalue weighted by Gasteiger charge is 2.51. The molecule has 1 N–H and O–H groups in total. The molecule has 1 saturated heterocycles. The molecule has 4 aliphatic carbocycles. The molecule has 3 heteroatoms. The Hall–Kier alpha value is -0.570. The maximum absolute atomic E-state index is 11.9. The van der Waals surface area contributed by atoms with Crippen LogP contribution in [0.3, 0.4) is 0 Å². The van der Waals surface area contributed by atoms with E-state index in [9.17, 15) is 4.79 Å². The summed E-state index contributed by atoms with van der Waals surface area (Å²) in [6, 6.07) is 0.461. The molecule has 0 aromatic rings. The Balaban J connectivity index is 1.55. The second kappa shape index (κ2) is 3.96. The highest BCUT2D eigenvalue weighted by atomic mass is 16.2. The summed E-state index contributed by atoms with van der Waals surface area (Å²) in [7, 11) is 0. The molecule has 5 aliphatic rings. The SMILES string of the molecule is CC(C1C2CC3CC(C2)CC1C3)N1CNCC1=O. The lowest BCUT2D eigenvalue weighted by Crippen LogP contribution is -2.53. The lowest BCUT2D eigenvalue weighted by atomic mass is 9.50. The average molecular weight is 248 g/mol. The van der Waals surface area contributed by atoms with Crippen molar-refractivity contribution < 1.29 is 4.79 Å². The van der Waals surface area contributed by atoms with E-state index in [-0.39, 0.29) is 0 Å². The van der Waals surface area contributed by atoms with Crippen molar-refractivity contribution >= 4 is 5.91 Å². The summed E-state index contributed by atoms with van der Waals surface area (Å²) >= 11 is 0. The lowest BCUT2D eigenvalue weighted by molar-refractivity contribution is -0.133. The maximum atomic E-state index is 11.9. The van der Waals surface area contributed by atoms with E-state index < -0.39 is 0 Å². The van der Waals surface area contributed by atoms with Gasteiger partial charge in [0, 0.05) is 6.04 Å². The number of carbonyl (C=O) groups excluding carboxylic acids is 1. The molecule has 18 heavy (non-hydrogen) atoms. The quantitative estimate of drug-likeness (QED) is 0.808. The molecule has 0 radical (unpaired) electrons. The van der Waals surface area contributed by atoms with Crippen LogP contribution in [-0.4, -0.2) is 30.1 Å². The van der Waals surface area contributed by atoms with E-state index in [1.165, 1.54) is 32.1 Å². The van der Waals surface area contributed by atoms with Gasteiger partial charge in [0.05, 0.1) is 13.2 Å². The Morgan fingerprint density at radius 3 is 2.22 bits per heavy atom. The summed E-state index contributed by atoms with van der Waals surface area (Å²) < 4.78 is 0. The largest absolute Gasteiger partial charge is 0.326 e. The van der Waals surface area contributed by atoms with Crippen molar-refractivity contribution in [3.63, 3.8) is 0 Å². The molecule has 0 spiro atoms. The van der Waals surface area contributed by atoms with Crippen LogP contribution < -0.4 is 5.32 Å². The third-order valence-corrected chi connectivity index (χ3v) is 6.23. The standard InChI is InChI=1S/C15H24N2O/c1-9(17-8-16-7-14(17)18)15-12-3-10-2-11(5-12)6-13(15)4-10/h9-13,15-16H,2-8H2,1H3. The van der Waals surface area contributed by atoms with E-state index in [1.54, 1.807) is 0 Å². The molecule has 1 heterocycles. The predicted molar refractivity (Wildman–Crippen MR) is 69.7 cm³/mol. The van der Waals surface area contributed by atoms with Crippen molar-refractivity contribution in [2.75, 3.05) is 13.2 Å². The van der Waals surface area contributed by atoms with Gasteiger partial charge >= 0.3 is 0 Å². The molecule has 4 bridgehead atoms. The summed E-state index contributed by atoms with van der Waals surface area (Å²) in [5, 5.41) is 3.20. The van der Waals surface area contributed by atoms with Crippen LogP contribution in [0.1, 0.15) is 39.0 Å². The van der Waals surface area contributed by atoms with Gasteiger partial charge in [-0.25, -0.2) is 0 Å². The van der Waals surface area contributed by atoms with Crippen molar-refractivity contribution in [2.24, 2.45) is 29.6 Å². The van der Waals surface area contributed by atoms with Crippen LogP contribution in [0.25, 0.3) is 0 Å².